The maximum absolute atomic E-state index is 12.5. The average molecular weight is 424 g/mol. The summed E-state index contributed by atoms with van der Waals surface area (Å²) in [6.45, 7) is 3.43. The monoisotopic (exact) mass is 423 g/mol. The first-order valence-corrected chi connectivity index (χ1v) is 11.1. The molecule has 1 amide bonds. The summed E-state index contributed by atoms with van der Waals surface area (Å²) in [7, 11) is 0. The number of pyridine rings is 1. The molecule has 3 heterocycles. The molecule has 30 heavy (non-hydrogen) atoms. The predicted octanol–water partition coefficient (Wildman–Crippen LogP) is 4.10. The number of carbonyl (C=O) groups excluding carboxylic acids is 1. The van der Waals surface area contributed by atoms with Crippen molar-refractivity contribution in [3.05, 3.63) is 65.7 Å². The molecular weight excluding hydrogens is 398 g/mol. The van der Waals surface area contributed by atoms with Crippen molar-refractivity contribution in [1.29, 1.82) is 0 Å². The second kappa shape index (κ2) is 9.75. The third-order valence-corrected chi connectivity index (χ3v) is 6.29. The van der Waals surface area contributed by atoms with Crippen LogP contribution < -0.4 is 4.74 Å². The van der Waals surface area contributed by atoms with E-state index in [9.17, 15) is 4.79 Å². The molecule has 0 unspecified atom stereocenters. The molecule has 3 aromatic rings. The highest BCUT2D eigenvalue weighted by atomic mass is 32.2. The Bertz CT molecular complexity index is 954. The Morgan fingerprint density at radius 2 is 2.00 bits per heavy atom. The molecular formula is C22H25N5O2S. The minimum Gasteiger partial charge on any atom is -0.410 e. The molecule has 7 nitrogen and oxygen atoms in total. The van der Waals surface area contributed by atoms with Crippen LogP contribution in [0.4, 0.5) is 4.79 Å². The maximum Gasteiger partial charge on any atom is 0.415 e. The van der Waals surface area contributed by atoms with E-state index in [-0.39, 0.29) is 6.09 Å². The van der Waals surface area contributed by atoms with Crippen molar-refractivity contribution in [3.8, 4) is 5.75 Å². The minimum absolute atomic E-state index is 0.274. The van der Waals surface area contributed by atoms with Crippen molar-refractivity contribution in [2.24, 2.45) is 5.92 Å². The summed E-state index contributed by atoms with van der Waals surface area (Å²) >= 11 is 1.68. The lowest BCUT2D eigenvalue weighted by Gasteiger charge is -2.30. The Kier molecular flexibility index (Phi) is 6.63. The normalized spacial score (nSPS) is 14.6. The summed E-state index contributed by atoms with van der Waals surface area (Å²) < 4.78 is 5.58. The number of hydrogen-bond donors (Lipinski definition) is 1. The molecule has 156 valence electrons. The number of aromatic nitrogens is 4. The van der Waals surface area contributed by atoms with Gasteiger partial charge in [-0.05, 0) is 55.5 Å². The van der Waals surface area contributed by atoms with Crippen LogP contribution in [-0.2, 0) is 6.42 Å². The summed E-state index contributed by atoms with van der Waals surface area (Å²) in [5, 5.41) is 7.57. The Balaban J connectivity index is 1.23. The fourth-order valence-electron chi connectivity index (χ4n) is 3.49. The van der Waals surface area contributed by atoms with Crippen LogP contribution in [0.25, 0.3) is 0 Å². The number of benzene rings is 1. The zero-order valence-electron chi connectivity index (χ0n) is 17.0. The molecule has 1 aromatic carbocycles. The molecule has 0 bridgehead atoms. The van der Waals surface area contributed by atoms with Crippen molar-refractivity contribution < 1.29 is 9.53 Å². The number of amides is 1. The van der Waals surface area contributed by atoms with Gasteiger partial charge in [0.25, 0.3) is 0 Å². The van der Waals surface area contributed by atoms with Crippen molar-refractivity contribution >= 4 is 17.9 Å². The van der Waals surface area contributed by atoms with Gasteiger partial charge in [0.15, 0.2) is 5.16 Å². The van der Waals surface area contributed by atoms with Crippen LogP contribution >= 0.6 is 11.8 Å². The van der Waals surface area contributed by atoms with E-state index in [0.717, 1.165) is 60.2 Å². The number of thioether (sulfide) groups is 1. The topological polar surface area (TPSA) is 84.0 Å². The van der Waals surface area contributed by atoms with E-state index in [1.807, 2.05) is 49.4 Å². The Hall–Kier alpha value is -2.87. The second-order valence-electron chi connectivity index (χ2n) is 7.49. The van der Waals surface area contributed by atoms with Gasteiger partial charge in [-0.25, -0.2) is 9.78 Å². The van der Waals surface area contributed by atoms with Crippen LogP contribution in [0, 0.1) is 12.8 Å². The molecule has 2 aromatic heterocycles. The number of piperidine rings is 1. The number of aromatic amines is 1. The Labute approximate surface area is 180 Å². The van der Waals surface area contributed by atoms with Gasteiger partial charge in [0, 0.05) is 36.7 Å². The molecule has 1 fully saturated rings. The van der Waals surface area contributed by atoms with Gasteiger partial charge in [0.05, 0.1) is 0 Å². The van der Waals surface area contributed by atoms with Crippen molar-refractivity contribution in [2.75, 3.05) is 18.8 Å². The van der Waals surface area contributed by atoms with Crippen LogP contribution in [0.15, 0.2) is 53.9 Å². The summed E-state index contributed by atoms with van der Waals surface area (Å²) in [6.07, 6.45) is 3.95. The van der Waals surface area contributed by atoms with Crippen LogP contribution in [0.5, 0.6) is 5.75 Å². The van der Waals surface area contributed by atoms with Gasteiger partial charge in [0.1, 0.15) is 12.1 Å². The van der Waals surface area contributed by atoms with E-state index in [1.165, 1.54) is 6.33 Å². The number of H-pyrrole nitrogens is 1. The molecule has 8 heteroatoms. The second-order valence-corrected chi connectivity index (χ2v) is 8.50. The lowest BCUT2D eigenvalue weighted by atomic mass is 9.99. The van der Waals surface area contributed by atoms with Crippen molar-refractivity contribution in [1.82, 2.24) is 25.1 Å². The standard InChI is InChI=1S/C22H25N5O2S/c1-16-3-2-4-19(25-16)13-17-5-7-20(8-6-17)29-22(28)27-11-9-18(10-12-27)14-30-21-23-15-24-26-21/h2-8,15,18H,9-14H2,1H3,(H,23,24,26). The lowest BCUT2D eigenvalue weighted by Crippen LogP contribution is -2.40. The first-order valence-electron chi connectivity index (χ1n) is 10.1. The summed E-state index contributed by atoms with van der Waals surface area (Å²) in [6, 6.07) is 13.7. The number of carbonyl (C=O) groups is 1. The number of ether oxygens (including phenoxy) is 1. The zero-order chi connectivity index (χ0) is 20.8. The van der Waals surface area contributed by atoms with Crippen LogP contribution in [0.1, 0.15) is 29.8 Å². The Morgan fingerprint density at radius 3 is 2.70 bits per heavy atom. The smallest absolute Gasteiger partial charge is 0.410 e. The molecule has 1 aliphatic heterocycles. The molecule has 0 atom stereocenters. The van der Waals surface area contributed by atoms with E-state index < -0.39 is 0 Å². The molecule has 0 saturated carbocycles. The van der Waals surface area contributed by atoms with Gasteiger partial charge >= 0.3 is 6.09 Å². The molecule has 1 N–H and O–H groups in total. The lowest BCUT2D eigenvalue weighted by molar-refractivity contribution is 0.134. The highest BCUT2D eigenvalue weighted by molar-refractivity contribution is 7.99. The molecule has 1 saturated heterocycles. The van der Waals surface area contributed by atoms with Crippen LogP contribution in [0.3, 0.4) is 0 Å². The maximum atomic E-state index is 12.5. The number of likely N-dealkylation sites (tertiary alicyclic amines) is 1. The van der Waals surface area contributed by atoms with Gasteiger partial charge in [-0.15, -0.1) is 0 Å². The van der Waals surface area contributed by atoms with Crippen LogP contribution in [-0.4, -0.2) is 50.0 Å². The predicted molar refractivity (Wildman–Crippen MR) is 116 cm³/mol. The van der Waals surface area contributed by atoms with E-state index >= 15 is 0 Å². The first kappa shape index (κ1) is 20.4. The zero-order valence-corrected chi connectivity index (χ0v) is 17.8. The number of nitrogens with one attached hydrogen (secondary N) is 1. The molecule has 0 radical (unpaired) electrons. The summed E-state index contributed by atoms with van der Waals surface area (Å²) in [5.74, 6) is 2.12. The third-order valence-electron chi connectivity index (χ3n) is 5.18. The van der Waals surface area contributed by atoms with Crippen LogP contribution in [0.2, 0.25) is 0 Å². The van der Waals surface area contributed by atoms with E-state index in [2.05, 4.69) is 20.2 Å². The molecule has 4 rings (SSSR count). The molecule has 1 aliphatic rings. The number of aryl methyl sites for hydroxylation is 1. The van der Waals surface area contributed by atoms with Gasteiger partial charge in [-0.2, -0.15) is 5.10 Å². The van der Waals surface area contributed by atoms with E-state index in [0.29, 0.717) is 11.7 Å². The van der Waals surface area contributed by atoms with Crippen molar-refractivity contribution in [2.45, 2.75) is 31.3 Å². The summed E-state index contributed by atoms with van der Waals surface area (Å²) in [5.41, 5.74) is 3.18. The Morgan fingerprint density at radius 1 is 1.20 bits per heavy atom. The fourth-order valence-corrected chi connectivity index (χ4v) is 4.46. The number of hydrogen-bond acceptors (Lipinski definition) is 6. The highest BCUT2D eigenvalue weighted by Crippen LogP contribution is 2.25. The summed E-state index contributed by atoms with van der Waals surface area (Å²) in [4.78, 5) is 23.0. The highest BCUT2D eigenvalue weighted by Gasteiger charge is 2.24. The largest absolute Gasteiger partial charge is 0.415 e. The van der Waals surface area contributed by atoms with Gasteiger partial charge < -0.3 is 9.64 Å². The van der Waals surface area contributed by atoms with Crippen molar-refractivity contribution in [3.63, 3.8) is 0 Å². The van der Waals surface area contributed by atoms with Gasteiger partial charge in [0.2, 0.25) is 0 Å². The minimum atomic E-state index is -0.274. The average Bonchev–Trinajstić information content (AvgIpc) is 3.28. The van der Waals surface area contributed by atoms with E-state index in [1.54, 1.807) is 16.7 Å². The first-order chi connectivity index (χ1) is 14.7. The number of nitrogens with zero attached hydrogens (tertiary/aromatic N) is 4. The quantitative estimate of drug-likeness (QED) is 0.601. The van der Waals surface area contributed by atoms with Gasteiger partial charge in [-0.1, -0.05) is 30.0 Å². The molecule has 0 spiro atoms. The number of rotatable bonds is 6. The fraction of sp³-hybridized carbons (Fsp3) is 0.364. The third kappa shape index (κ3) is 5.60. The van der Waals surface area contributed by atoms with E-state index in [4.69, 9.17) is 4.74 Å². The van der Waals surface area contributed by atoms with Gasteiger partial charge in [-0.3, -0.25) is 10.1 Å². The molecule has 0 aliphatic carbocycles. The SMILES string of the molecule is Cc1cccc(Cc2ccc(OC(=O)N3CCC(CSc4ncn[nH]4)CC3)cc2)n1.